The second-order valence-corrected chi connectivity index (χ2v) is 5.06. The van der Waals surface area contributed by atoms with Crippen molar-refractivity contribution in [1.29, 1.82) is 0 Å². The molecule has 110 valence electrons. The number of hydrazine groups is 1. The van der Waals surface area contributed by atoms with Gasteiger partial charge in [0.1, 0.15) is 0 Å². The third kappa shape index (κ3) is 6.27. The van der Waals surface area contributed by atoms with Crippen LogP contribution in [-0.4, -0.2) is 24.7 Å². The Morgan fingerprint density at radius 3 is 2.80 bits per heavy atom. The zero-order chi connectivity index (χ0) is 15.0. The Morgan fingerprint density at radius 1 is 1.40 bits per heavy atom. The van der Waals surface area contributed by atoms with Gasteiger partial charge in [0.05, 0.1) is 17.8 Å². The number of methoxy groups -OCH3 is 1. The van der Waals surface area contributed by atoms with Crippen LogP contribution < -0.4 is 16.2 Å². The Balaban J connectivity index is 2.24. The predicted molar refractivity (Wildman–Crippen MR) is 85.1 cm³/mol. The molecule has 0 atom stereocenters. The van der Waals surface area contributed by atoms with Gasteiger partial charge < -0.3 is 10.1 Å². The Morgan fingerprint density at radius 2 is 2.15 bits per heavy atom. The summed E-state index contributed by atoms with van der Waals surface area (Å²) in [5.41, 5.74) is 6.31. The predicted octanol–water partition coefficient (Wildman–Crippen LogP) is 2.74. The van der Waals surface area contributed by atoms with E-state index in [9.17, 15) is 4.79 Å². The van der Waals surface area contributed by atoms with Gasteiger partial charge in [-0.1, -0.05) is 23.2 Å². The average molecular weight is 336 g/mol. The van der Waals surface area contributed by atoms with E-state index in [0.717, 1.165) is 0 Å². The number of ether oxygens (including phenoxy) is 1. The largest absolute Gasteiger partial charge is 0.469 e. The summed E-state index contributed by atoms with van der Waals surface area (Å²) < 4.78 is 4.53. The molecule has 1 rings (SSSR count). The van der Waals surface area contributed by atoms with Crippen LogP contribution in [0.5, 0.6) is 0 Å². The van der Waals surface area contributed by atoms with E-state index in [0.29, 0.717) is 40.2 Å². The number of anilines is 1. The third-order valence-corrected chi connectivity index (χ3v) is 3.11. The van der Waals surface area contributed by atoms with Gasteiger partial charge >= 0.3 is 5.97 Å². The van der Waals surface area contributed by atoms with Gasteiger partial charge in [0.25, 0.3) is 0 Å². The maximum atomic E-state index is 10.9. The fraction of sp³-hybridized carbons (Fsp3) is 0.333. The smallest absolute Gasteiger partial charge is 0.305 e. The van der Waals surface area contributed by atoms with E-state index < -0.39 is 0 Å². The summed E-state index contributed by atoms with van der Waals surface area (Å²) in [6, 6.07) is 5.07. The van der Waals surface area contributed by atoms with Gasteiger partial charge in [-0.3, -0.25) is 15.6 Å². The number of halogens is 2. The Labute approximate surface area is 132 Å². The minimum absolute atomic E-state index is 0.239. The van der Waals surface area contributed by atoms with Crippen LogP contribution >= 0.6 is 35.4 Å². The fourth-order valence-electron chi connectivity index (χ4n) is 1.30. The highest BCUT2D eigenvalue weighted by atomic mass is 35.5. The SMILES string of the molecule is COC(=O)CCCNC(=S)NNc1ccc(Cl)cc1Cl. The molecule has 0 spiro atoms. The van der Waals surface area contributed by atoms with Gasteiger partial charge in [-0.05, 0) is 36.8 Å². The second kappa shape index (κ2) is 8.84. The monoisotopic (exact) mass is 335 g/mol. The van der Waals surface area contributed by atoms with Gasteiger partial charge in [-0.2, -0.15) is 0 Å². The van der Waals surface area contributed by atoms with Gasteiger partial charge in [-0.15, -0.1) is 0 Å². The third-order valence-electron chi connectivity index (χ3n) is 2.31. The van der Waals surface area contributed by atoms with Crippen LogP contribution in [0.25, 0.3) is 0 Å². The minimum atomic E-state index is -0.239. The molecule has 8 heteroatoms. The van der Waals surface area contributed by atoms with E-state index >= 15 is 0 Å². The first-order valence-electron chi connectivity index (χ1n) is 5.84. The standard InChI is InChI=1S/C12H15Cl2N3O2S/c1-19-11(18)3-2-6-15-12(20)17-16-10-5-4-8(13)7-9(10)14/h4-5,7,16H,2-3,6H2,1H3,(H2,15,17,20). The van der Waals surface area contributed by atoms with E-state index in [-0.39, 0.29) is 5.97 Å². The van der Waals surface area contributed by atoms with Crippen LogP contribution in [0.15, 0.2) is 18.2 Å². The molecule has 0 aliphatic carbocycles. The first-order chi connectivity index (χ1) is 9.52. The lowest BCUT2D eigenvalue weighted by Crippen LogP contribution is -2.39. The molecule has 20 heavy (non-hydrogen) atoms. The number of hydrogen-bond acceptors (Lipinski definition) is 4. The first-order valence-corrected chi connectivity index (χ1v) is 7.01. The minimum Gasteiger partial charge on any atom is -0.469 e. The molecule has 0 aliphatic heterocycles. The highest BCUT2D eigenvalue weighted by molar-refractivity contribution is 7.80. The van der Waals surface area contributed by atoms with Crippen molar-refractivity contribution >= 4 is 52.2 Å². The van der Waals surface area contributed by atoms with Gasteiger partial charge in [0.2, 0.25) is 0 Å². The number of nitrogens with one attached hydrogen (secondary N) is 3. The van der Waals surface area contributed by atoms with Crippen molar-refractivity contribution in [1.82, 2.24) is 10.7 Å². The normalized spacial score (nSPS) is 9.75. The summed E-state index contributed by atoms with van der Waals surface area (Å²) in [7, 11) is 1.36. The summed E-state index contributed by atoms with van der Waals surface area (Å²) >= 11 is 16.8. The topological polar surface area (TPSA) is 62.4 Å². The molecule has 0 bridgehead atoms. The molecule has 0 aliphatic rings. The lowest BCUT2D eigenvalue weighted by molar-refractivity contribution is -0.140. The van der Waals surface area contributed by atoms with Crippen LogP contribution in [0, 0.1) is 0 Å². The molecule has 0 heterocycles. The lowest BCUT2D eigenvalue weighted by atomic mass is 10.3. The summed E-state index contributed by atoms with van der Waals surface area (Å²) in [6.07, 6.45) is 0.985. The molecule has 1 aromatic rings. The van der Waals surface area contributed by atoms with Crippen LogP contribution in [0.4, 0.5) is 5.69 Å². The first kappa shape index (κ1) is 16.8. The van der Waals surface area contributed by atoms with E-state index in [2.05, 4.69) is 20.9 Å². The summed E-state index contributed by atoms with van der Waals surface area (Å²) in [6.45, 7) is 0.566. The van der Waals surface area contributed by atoms with E-state index in [1.54, 1.807) is 18.2 Å². The number of hydrogen-bond donors (Lipinski definition) is 3. The quantitative estimate of drug-likeness (QED) is 0.321. The van der Waals surface area contributed by atoms with Crippen molar-refractivity contribution in [3.8, 4) is 0 Å². The molecular weight excluding hydrogens is 321 g/mol. The zero-order valence-electron chi connectivity index (χ0n) is 10.8. The molecule has 3 N–H and O–H groups in total. The molecular formula is C12H15Cl2N3O2S. The molecule has 0 radical (unpaired) electrons. The number of rotatable bonds is 6. The molecule has 0 saturated carbocycles. The van der Waals surface area contributed by atoms with Crippen molar-refractivity contribution in [2.24, 2.45) is 0 Å². The van der Waals surface area contributed by atoms with Crippen LogP contribution in [0.3, 0.4) is 0 Å². The average Bonchev–Trinajstić information content (AvgIpc) is 2.42. The van der Waals surface area contributed by atoms with Crippen molar-refractivity contribution in [2.75, 3.05) is 19.1 Å². The Hall–Kier alpha value is -1.24. The van der Waals surface area contributed by atoms with Gasteiger partial charge in [-0.25, -0.2) is 0 Å². The number of carbonyl (C=O) groups is 1. The molecule has 5 nitrogen and oxygen atoms in total. The Bertz CT molecular complexity index is 486. The number of thiocarbonyl (C=S) groups is 1. The zero-order valence-corrected chi connectivity index (χ0v) is 13.2. The molecule has 0 unspecified atom stereocenters. The molecule has 0 aromatic heterocycles. The number of carbonyl (C=O) groups excluding carboxylic acids is 1. The van der Waals surface area contributed by atoms with Crippen molar-refractivity contribution in [2.45, 2.75) is 12.8 Å². The number of benzene rings is 1. The molecule has 1 aromatic carbocycles. The summed E-state index contributed by atoms with van der Waals surface area (Å²) in [4.78, 5) is 10.9. The Kier molecular flexibility index (Phi) is 7.43. The molecule has 0 amide bonds. The van der Waals surface area contributed by atoms with Crippen LogP contribution in [0.1, 0.15) is 12.8 Å². The van der Waals surface area contributed by atoms with Crippen molar-refractivity contribution in [3.05, 3.63) is 28.2 Å². The van der Waals surface area contributed by atoms with Crippen LogP contribution in [-0.2, 0) is 9.53 Å². The second-order valence-electron chi connectivity index (χ2n) is 3.81. The summed E-state index contributed by atoms with van der Waals surface area (Å²) in [5, 5.41) is 4.39. The number of esters is 1. The van der Waals surface area contributed by atoms with Gasteiger partial charge in [0, 0.05) is 18.0 Å². The maximum absolute atomic E-state index is 10.9. The van der Waals surface area contributed by atoms with E-state index in [1.165, 1.54) is 7.11 Å². The van der Waals surface area contributed by atoms with E-state index in [1.807, 2.05) is 0 Å². The lowest BCUT2D eigenvalue weighted by Gasteiger charge is -2.13. The summed E-state index contributed by atoms with van der Waals surface area (Å²) in [5.74, 6) is -0.239. The maximum Gasteiger partial charge on any atom is 0.305 e. The molecule has 0 fully saturated rings. The van der Waals surface area contributed by atoms with Crippen molar-refractivity contribution in [3.63, 3.8) is 0 Å². The van der Waals surface area contributed by atoms with Crippen molar-refractivity contribution < 1.29 is 9.53 Å². The highest BCUT2D eigenvalue weighted by Crippen LogP contribution is 2.24. The van der Waals surface area contributed by atoms with E-state index in [4.69, 9.17) is 35.4 Å². The van der Waals surface area contributed by atoms with Crippen LogP contribution in [0.2, 0.25) is 10.0 Å². The van der Waals surface area contributed by atoms with Gasteiger partial charge in [0.15, 0.2) is 5.11 Å². The molecule has 0 saturated heterocycles. The highest BCUT2D eigenvalue weighted by Gasteiger charge is 2.02. The fourth-order valence-corrected chi connectivity index (χ4v) is 1.90.